The summed E-state index contributed by atoms with van der Waals surface area (Å²) in [5.74, 6) is 0.693. The lowest BCUT2D eigenvalue weighted by Gasteiger charge is -1.94. The highest BCUT2D eigenvalue weighted by Crippen LogP contribution is 1.95. The summed E-state index contributed by atoms with van der Waals surface area (Å²) in [6, 6.07) is 0. The molecule has 6 heteroatoms. The van der Waals surface area contributed by atoms with Crippen molar-refractivity contribution in [3.8, 4) is 0 Å². The van der Waals surface area contributed by atoms with Crippen molar-refractivity contribution < 1.29 is 4.52 Å². The van der Waals surface area contributed by atoms with Crippen molar-refractivity contribution in [2.45, 2.75) is 6.54 Å². The average Bonchev–Trinajstić information content (AvgIpc) is 2.63. The van der Waals surface area contributed by atoms with E-state index in [0.29, 0.717) is 12.4 Å². The molecule has 0 spiro atoms. The van der Waals surface area contributed by atoms with E-state index in [4.69, 9.17) is 16.7 Å². The van der Waals surface area contributed by atoms with E-state index in [1.807, 2.05) is 10.8 Å². The Morgan fingerprint density at radius 1 is 1.67 bits per heavy atom. The highest BCUT2D eigenvalue weighted by molar-refractivity contribution is 7.71. The Morgan fingerprint density at radius 3 is 3.17 bits per heavy atom. The van der Waals surface area contributed by atoms with Crippen LogP contribution in [0.4, 0.5) is 0 Å². The third-order valence-electron chi connectivity index (χ3n) is 1.37. The number of aromatic amines is 1. The van der Waals surface area contributed by atoms with Crippen LogP contribution in [-0.4, -0.2) is 19.7 Å². The fourth-order valence-electron chi connectivity index (χ4n) is 0.879. The van der Waals surface area contributed by atoms with Crippen LogP contribution >= 0.6 is 12.2 Å². The van der Waals surface area contributed by atoms with Crippen LogP contribution in [0.5, 0.6) is 0 Å². The number of nitrogens with one attached hydrogen (secondary N) is 1. The smallest absolute Gasteiger partial charge is 0.314 e. The summed E-state index contributed by atoms with van der Waals surface area (Å²) in [6.07, 6.45) is 5.24. The number of imidazole rings is 1. The molecule has 0 atom stereocenters. The third kappa shape index (κ3) is 1.42. The van der Waals surface area contributed by atoms with E-state index >= 15 is 0 Å². The fourth-order valence-corrected chi connectivity index (χ4v) is 1.03. The fraction of sp³-hybridized carbons (Fsp3) is 0.167. The second-order valence-corrected chi connectivity index (χ2v) is 2.61. The summed E-state index contributed by atoms with van der Waals surface area (Å²) in [5.41, 5.74) is 0. The molecule has 0 amide bonds. The zero-order valence-corrected chi connectivity index (χ0v) is 6.91. The molecule has 0 aromatic carbocycles. The van der Waals surface area contributed by atoms with Crippen molar-refractivity contribution in [2.24, 2.45) is 0 Å². The van der Waals surface area contributed by atoms with Gasteiger partial charge in [-0.05, 0) is 12.2 Å². The summed E-state index contributed by atoms with van der Waals surface area (Å²) < 4.78 is 6.62. The van der Waals surface area contributed by atoms with Gasteiger partial charge in [-0.3, -0.25) is 0 Å². The number of H-pyrrole nitrogens is 1. The molecule has 0 radical (unpaired) electrons. The molecule has 0 fully saturated rings. The highest BCUT2D eigenvalue weighted by Gasteiger charge is 1.97. The minimum absolute atomic E-state index is 0.227. The van der Waals surface area contributed by atoms with E-state index in [9.17, 15) is 0 Å². The molecule has 5 nitrogen and oxygen atoms in total. The molecule has 12 heavy (non-hydrogen) atoms. The lowest BCUT2D eigenvalue weighted by atomic mass is 10.6. The minimum atomic E-state index is 0.227. The lowest BCUT2D eigenvalue weighted by Crippen LogP contribution is -1.97. The number of rotatable bonds is 2. The van der Waals surface area contributed by atoms with E-state index in [1.54, 1.807) is 12.5 Å². The second kappa shape index (κ2) is 2.90. The summed E-state index contributed by atoms with van der Waals surface area (Å²) in [7, 11) is 0. The standard InChI is InChI=1S/C6H6N4OS/c12-6-8-5(9-11-6)3-10-2-1-7-4-10/h1-2,4H,3H2,(H,8,9,12). The van der Waals surface area contributed by atoms with E-state index in [1.165, 1.54) is 0 Å². The molecular weight excluding hydrogens is 176 g/mol. The first-order valence-corrected chi connectivity index (χ1v) is 3.75. The number of nitrogens with zero attached hydrogens (tertiary/aromatic N) is 3. The van der Waals surface area contributed by atoms with Gasteiger partial charge in [-0.15, -0.1) is 0 Å². The molecule has 62 valence electrons. The Labute approximate surface area is 73.0 Å². The summed E-state index contributed by atoms with van der Waals surface area (Å²) in [6.45, 7) is 0.597. The van der Waals surface area contributed by atoms with E-state index in [2.05, 4.69) is 15.1 Å². The molecule has 0 aliphatic carbocycles. The normalized spacial score (nSPS) is 10.3. The SMILES string of the molecule is S=c1nc(Cn2ccnc2)[nH]o1. The molecule has 0 saturated carbocycles. The third-order valence-corrected chi connectivity index (χ3v) is 1.55. The van der Waals surface area contributed by atoms with Crippen LogP contribution in [0.15, 0.2) is 23.2 Å². The maximum atomic E-state index is 4.76. The largest absolute Gasteiger partial charge is 0.348 e. The summed E-state index contributed by atoms with van der Waals surface area (Å²) in [4.78, 5) is 8.05. The Balaban J connectivity index is 2.19. The Hall–Kier alpha value is -1.43. The molecule has 2 heterocycles. The van der Waals surface area contributed by atoms with Crippen molar-refractivity contribution in [3.05, 3.63) is 29.4 Å². The summed E-state index contributed by atoms with van der Waals surface area (Å²) in [5, 5.41) is 2.60. The van der Waals surface area contributed by atoms with Crippen LogP contribution in [0.3, 0.4) is 0 Å². The Bertz CT molecular complexity index is 401. The topological polar surface area (TPSA) is 59.6 Å². The van der Waals surface area contributed by atoms with Crippen LogP contribution in [0, 0.1) is 4.84 Å². The van der Waals surface area contributed by atoms with Crippen molar-refractivity contribution in [1.82, 2.24) is 19.7 Å². The van der Waals surface area contributed by atoms with Crippen molar-refractivity contribution in [3.63, 3.8) is 0 Å². The molecule has 0 aliphatic heterocycles. The van der Waals surface area contributed by atoms with Crippen LogP contribution in [0.25, 0.3) is 0 Å². The number of hydrogen-bond acceptors (Lipinski definition) is 4. The van der Waals surface area contributed by atoms with Gasteiger partial charge in [0.25, 0.3) is 0 Å². The van der Waals surface area contributed by atoms with Gasteiger partial charge in [0, 0.05) is 12.4 Å². The van der Waals surface area contributed by atoms with Gasteiger partial charge >= 0.3 is 4.84 Å². The van der Waals surface area contributed by atoms with Crippen molar-refractivity contribution in [2.75, 3.05) is 0 Å². The molecule has 0 saturated heterocycles. The van der Waals surface area contributed by atoms with Gasteiger partial charge in [0.05, 0.1) is 12.9 Å². The highest BCUT2D eigenvalue weighted by atomic mass is 32.1. The predicted octanol–water partition coefficient (Wildman–Crippen LogP) is 0.977. The minimum Gasteiger partial charge on any atom is -0.348 e. The van der Waals surface area contributed by atoms with Gasteiger partial charge in [0.2, 0.25) is 0 Å². The van der Waals surface area contributed by atoms with E-state index in [0.717, 1.165) is 0 Å². The predicted molar refractivity (Wildman–Crippen MR) is 43.0 cm³/mol. The zero-order valence-electron chi connectivity index (χ0n) is 6.10. The van der Waals surface area contributed by atoms with Crippen molar-refractivity contribution >= 4 is 12.2 Å². The molecule has 0 bridgehead atoms. The Morgan fingerprint density at radius 2 is 2.58 bits per heavy atom. The van der Waals surface area contributed by atoms with Gasteiger partial charge in [-0.25, -0.2) is 10.1 Å². The molecular formula is C6H6N4OS. The first kappa shape index (κ1) is 7.23. The van der Waals surface area contributed by atoms with Gasteiger partial charge in [-0.1, -0.05) is 0 Å². The van der Waals surface area contributed by atoms with E-state index in [-0.39, 0.29) is 4.84 Å². The van der Waals surface area contributed by atoms with Gasteiger partial charge in [0.15, 0.2) is 5.82 Å². The number of aromatic nitrogens is 4. The van der Waals surface area contributed by atoms with Crippen LogP contribution in [-0.2, 0) is 6.54 Å². The number of hydrogen-bond donors (Lipinski definition) is 1. The molecule has 2 rings (SSSR count). The Kier molecular flexibility index (Phi) is 1.75. The molecule has 2 aromatic rings. The van der Waals surface area contributed by atoms with Crippen LogP contribution < -0.4 is 0 Å². The quantitative estimate of drug-likeness (QED) is 0.703. The molecule has 2 aromatic heterocycles. The van der Waals surface area contributed by atoms with E-state index < -0.39 is 0 Å². The molecule has 0 aliphatic rings. The first-order valence-electron chi connectivity index (χ1n) is 3.35. The van der Waals surface area contributed by atoms with Gasteiger partial charge < -0.3 is 9.09 Å². The lowest BCUT2D eigenvalue weighted by molar-refractivity contribution is 0.397. The van der Waals surface area contributed by atoms with Crippen molar-refractivity contribution in [1.29, 1.82) is 0 Å². The van der Waals surface area contributed by atoms with Gasteiger partial charge in [-0.2, -0.15) is 4.98 Å². The van der Waals surface area contributed by atoms with Crippen LogP contribution in [0.1, 0.15) is 5.82 Å². The maximum absolute atomic E-state index is 4.76. The second-order valence-electron chi connectivity index (χ2n) is 2.26. The van der Waals surface area contributed by atoms with Crippen LogP contribution in [0.2, 0.25) is 0 Å². The molecule has 0 unspecified atom stereocenters. The maximum Gasteiger partial charge on any atom is 0.314 e. The average molecular weight is 182 g/mol. The monoisotopic (exact) mass is 182 g/mol. The molecule has 1 N–H and O–H groups in total. The van der Waals surface area contributed by atoms with Gasteiger partial charge in [0.1, 0.15) is 0 Å². The first-order chi connectivity index (χ1) is 5.84. The zero-order chi connectivity index (χ0) is 8.39. The summed E-state index contributed by atoms with van der Waals surface area (Å²) >= 11 is 4.69.